The molecule has 1 heterocycles. The molecule has 4 heteroatoms. The van der Waals surface area contributed by atoms with E-state index >= 15 is 0 Å². The van der Waals surface area contributed by atoms with Crippen molar-refractivity contribution in [3.05, 3.63) is 35.9 Å². The molecule has 3 nitrogen and oxygen atoms in total. The zero-order valence-corrected chi connectivity index (χ0v) is 11.1. The summed E-state index contributed by atoms with van der Waals surface area (Å²) in [5.41, 5.74) is 1.96. The van der Waals surface area contributed by atoms with Gasteiger partial charge in [-0.25, -0.2) is 4.98 Å². The van der Waals surface area contributed by atoms with Crippen molar-refractivity contribution in [2.45, 2.75) is 12.3 Å². The number of methoxy groups -OCH3 is 1. The highest BCUT2D eigenvalue weighted by molar-refractivity contribution is 6.18. The van der Waals surface area contributed by atoms with E-state index in [4.69, 9.17) is 21.1 Å². The third-order valence-electron chi connectivity index (χ3n) is 2.67. The Morgan fingerprint density at radius 3 is 2.83 bits per heavy atom. The first kappa shape index (κ1) is 13.1. The summed E-state index contributed by atoms with van der Waals surface area (Å²) in [5.74, 6) is 1.08. The predicted molar refractivity (Wildman–Crippen MR) is 73.3 cm³/mol. The lowest BCUT2D eigenvalue weighted by molar-refractivity contribution is 0.170. The average Bonchev–Trinajstić information content (AvgIpc) is 2.42. The van der Waals surface area contributed by atoms with Crippen molar-refractivity contribution >= 4 is 22.5 Å². The molecular weight excluding hydrogens is 250 g/mol. The summed E-state index contributed by atoms with van der Waals surface area (Å²) in [6, 6.07) is 9.84. The minimum Gasteiger partial charge on any atom is -0.478 e. The van der Waals surface area contributed by atoms with Gasteiger partial charge in [0.1, 0.15) is 0 Å². The van der Waals surface area contributed by atoms with Crippen LogP contribution in [0.3, 0.4) is 0 Å². The minimum absolute atomic E-state index is 0.456. The number of fused-ring (bicyclic) bond motifs is 1. The second-order valence-corrected chi connectivity index (χ2v) is 4.23. The van der Waals surface area contributed by atoms with Crippen molar-refractivity contribution in [3.63, 3.8) is 0 Å². The number of alkyl halides is 1. The van der Waals surface area contributed by atoms with Crippen LogP contribution >= 0.6 is 11.6 Å². The molecule has 0 aliphatic carbocycles. The predicted octanol–water partition coefficient (Wildman–Crippen LogP) is 3.39. The van der Waals surface area contributed by atoms with Crippen molar-refractivity contribution in [2.75, 3.05) is 20.3 Å². The van der Waals surface area contributed by atoms with E-state index in [0.717, 1.165) is 22.9 Å². The number of hydrogen-bond acceptors (Lipinski definition) is 3. The van der Waals surface area contributed by atoms with Crippen LogP contribution in [-0.4, -0.2) is 25.3 Å². The zero-order valence-electron chi connectivity index (χ0n) is 10.4. The lowest BCUT2D eigenvalue weighted by Gasteiger charge is -2.09. The summed E-state index contributed by atoms with van der Waals surface area (Å²) < 4.78 is 10.6. The molecule has 0 amide bonds. The van der Waals surface area contributed by atoms with Crippen LogP contribution in [0.15, 0.2) is 30.3 Å². The van der Waals surface area contributed by atoms with E-state index in [2.05, 4.69) is 4.98 Å². The molecule has 0 N–H and O–H groups in total. The average molecular weight is 266 g/mol. The van der Waals surface area contributed by atoms with Crippen molar-refractivity contribution in [1.82, 2.24) is 4.98 Å². The summed E-state index contributed by atoms with van der Waals surface area (Å²) in [7, 11) is 1.68. The summed E-state index contributed by atoms with van der Waals surface area (Å²) in [4.78, 5) is 4.46. The van der Waals surface area contributed by atoms with Crippen LogP contribution in [0.5, 0.6) is 5.88 Å². The standard InChI is InChI=1S/C14H16ClNO2/c1-17-7-4-8-18-14-9-11(10-15)12-5-2-3-6-13(12)16-14/h2-3,5-6,9H,4,7-8,10H2,1H3. The molecule has 0 aliphatic heterocycles. The van der Waals surface area contributed by atoms with Crippen molar-refractivity contribution in [2.24, 2.45) is 0 Å². The highest BCUT2D eigenvalue weighted by Crippen LogP contribution is 2.23. The first-order chi connectivity index (χ1) is 8.85. The Labute approximate surface area is 112 Å². The molecule has 0 atom stereocenters. The lowest BCUT2D eigenvalue weighted by Crippen LogP contribution is -2.03. The molecule has 1 aromatic heterocycles. The van der Waals surface area contributed by atoms with Crippen LogP contribution in [0, 0.1) is 0 Å². The maximum Gasteiger partial charge on any atom is 0.214 e. The molecule has 0 unspecified atom stereocenters. The second kappa shape index (κ2) is 6.57. The number of nitrogens with zero attached hydrogens (tertiary/aromatic N) is 1. The number of pyridine rings is 1. The number of benzene rings is 1. The Kier molecular flexibility index (Phi) is 4.79. The molecule has 2 aromatic rings. The van der Waals surface area contributed by atoms with Crippen LogP contribution < -0.4 is 4.74 Å². The SMILES string of the molecule is COCCCOc1cc(CCl)c2ccccc2n1. The number of hydrogen-bond donors (Lipinski definition) is 0. The number of rotatable bonds is 6. The van der Waals surface area contributed by atoms with Crippen molar-refractivity contribution in [3.8, 4) is 5.88 Å². The fourth-order valence-corrected chi connectivity index (χ4v) is 2.01. The first-order valence-corrected chi connectivity index (χ1v) is 6.45. The van der Waals surface area contributed by atoms with Crippen LogP contribution in [0.25, 0.3) is 10.9 Å². The fourth-order valence-electron chi connectivity index (χ4n) is 1.78. The Balaban J connectivity index is 2.18. The monoisotopic (exact) mass is 265 g/mol. The largest absolute Gasteiger partial charge is 0.478 e. The second-order valence-electron chi connectivity index (χ2n) is 3.97. The molecule has 1 aromatic carbocycles. The number of ether oxygens (including phenoxy) is 2. The molecule has 2 rings (SSSR count). The maximum absolute atomic E-state index is 5.96. The summed E-state index contributed by atoms with van der Waals surface area (Å²) in [6.07, 6.45) is 0.848. The summed E-state index contributed by atoms with van der Waals surface area (Å²) >= 11 is 5.96. The van der Waals surface area contributed by atoms with Gasteiger partial charge in [0.05, 0.1) is 12.1 Å². The van der Waals surface area contributed by atoms with E-state index in [-0.39, 0.29) is 0 Å². The third-order valence-corrected chi connectivity index (χ3v) is 2.95. The van der Waals surface area contributed by atoms with E-state index in [1.165, 1.54) is 0 Å². The van der Waals surface area contributed by atoms with Crippen molar-refractivity contribution < 1.29 is 9.47 Å². The molecule has 96 valence electrons. The molecule has 0 radical (unpaired) electrons. The van der Waals surface area contributed by atoms with Crippen LogP contribution in [0.4, 0.5) is 0 Å². The van der Waals surface area contributed by atoms with Gasteiger partial charge in [-0.05, 0) is 11.6 Å². The highest BCUT2D eigenvalue weighted by Gasteiger charge is 2.05. The molecule has 0 saturated carbocycles. The molecular formula is C14H16ClNO2. The number of halogens is 1. The number of para-hydroxylation sites is 1. The smallest absolute Gasteiger partial charge is 0.214 e. The van der Waals surface area contributed by atoms with E-state index in [1.54, 1.807) is 7.11 Å². The van der Waals surface area contributed by atoms with E-state index < -0.39 is 0 Å². The number of aromatic nitrogens is 1. The highest BCUT2D eigenvalue weighted by atomic mass is 35.5. The summed E-state index contributed by atoms with van der Waals surface area (Å²) in [6.45, 7) is 1.29. The lowest BCUT2D eigenvalue weighted by atomic mass is 10.1. The maximum atomic E-state index is 5.96. The van der Waals surface area contributed by atoms with Gasteiger partial charge in [0, 0.05) is 37.5 Å². The Hall–Kier alpha value is -1.32. The van der Waals surface area contributed by atoms with Crippen LogP contribution in [-0.2, 0) is 10.6 Å². The Morgan fingerprint density at radius 1 is 1.22 bits per heavy atom. The normalized spacial score (nSPS) is 10.8. The third kappa shape index (κ3) is 3.12. The molecule has 0 fully saturated rings. The van der Waals surface area contributed by atoms with Gasteiger partial charge < -0.3 is 9.47 Å². The Morgan fingerprint density at radius 2 is 2.06 bits per heavy atom. The van der Waals surface area contributed by atoms with E-state index in [0.29, 0.717) is 25.0 Å². The van der Waals surface area contributed by atoms with Gasteiger partial charge in [-0.2, -0.15) is 0 Å². The van der Waals surface area contributed by atoms with Gasteiger partial charge >= 0.3 is 0 Å². The summed E-state index contributed by atoms with van der Waals surface area (Å²) in [5, 5.41) is 1.08. The molecule has 0 spiro atoms. The van der Waals surface area contributed by atoms with E-state index in [9.17, 15) is 0 Å². The molecule has 0 aliphatic rings. The van der Waals surface area contributed by atoms with Gasteiger partial charge in [-0.3, -0.25) is 0 Å². The Bertz CT molecular complexity index is 516. The van der Waals surface area contributed by atoms with Gasteiger partial charge in [-0.15, -0.1) is 11.6 Å². The minimum atomic E-state index is 0.456. The van der Waals surface area contributed by atoms with Gasteiger partial charge in [0.15, 0.2) is 0 Å². The molecule has 0 bridgehead atoms. The molecule has 18 heavy (non-hydrogen) atoms. The van der Waals surface area contributed by atoms with Crippen molar-refractivity contribution in [1.29, 1.82) is 0 Å². The molecule has 0 saturated heterocycles. The van der Waals surface area contributed by atoms with Gasteiger partial charge in [0.2, 0.25) is 5.88 Å². The van der Waals surface area contributed by atoms with Crippen LogP contribution in [0.1, 0.15) is 12.0 Å². The van der Waals surface area contributed by atoms with Crippen LogP contribution in [0.2, 0.25) is 0 Å². The fraction of sp³-hybridized carbons (Fsp3) is 0.357. The first-order valence-electron chi connectivity index (χ1n) is 5.91. The van der Waals surface area contributed by atoms with E-state index in [1.807, 2.05) is 30.3 Å². The zero-order chi connectivity index (χ0) is 12.8. The van der Waals surface area contributed by atoms with Gasteiger partial charge in [-0.1, -0.05) is 18.2 Å². The topological polar surface area (TPSA) is 31.4 Å². The quantitative estimate of drug-likeness (QED) is 0.593. The van der Waals surface area contributed by atoms with Gasteiger partial charge in [0.25, 0.3) is 0 Å².